The maximum Gasteiger partial charge on any atom is 0.633 e. The summed E-state index contributed by atoms with van der Waals surface area (Å²) in [6.07, 6.45) is 4.11. The van der Waals surface area contributed by atoms with Crippen LogP contribution in [-0.2, 0) is 17.6 Å². The summed E-state index contributed by atoms with van der Waals surface area (Å²) in [6.45, 7) is 1.01. The van der Waals surface area contributed by atoms with E-state index in [4.69, 9.17) is 15.8 Å². The van der Waals surface area contributed by atoms with Gasteiger partial charge in [0.1, 0.15) is 0 Å². The Balaban J connectivity index is 1.72. The quantitative estimate of drug-likeness (QED) is 0.404. The van der Waals surface area contributed by atoms with Gasteiger partial charge in [0.2, 0.25) is 0 Å². The second kappa shape index (κ2) is 10.1. The van der Waals surface area contributed by atoms with E-state index < -0.39 is 7.32 Å². The summed E-state index contributed by atoms with van der Waals surface area (Å²) in [5, 5.41) is 29.0. The van der Waals surface area contributed by atoms with Crippen LogP contribution in [0.25, 0.3) is 0 Å². The van der Waals surface area contributed by atoms with Crippen molar-refractivity contribution < 1.29 is 14.7 Å². The number of benzene rings is 1. The van der Waals surface area contributed by atoms with Crippen molar-refractivity contribution in [3.05, 3.63) is 41.7 Å². The summed E-state index contributed by atoms with van der Waals surface area (Å²) < 4.78 is 6.42. The molecule has 8 nitrogen and oxygen atoms in total. The first kappa shape index (κ1) is 18.5. The van der Waals surface area contributed by atoms with Gasteiger partial charge in [-0.25, -0.2) is 4.68 Å². The molecule has 0 bridgehead atoms. The highest BCUT2D eigenvalue weighted by Crippen LogP contribution is 2.14. The number of rotatable bonds is 11. The molecule has 0 amide bonds. The summed E-state index contributed by atoms with van der Waals surface area (Å²) in [7, 11) is -1.71. The number of hydrogen-bond acceptors (Lipinski definition) is 7. The van der Waals surface area contributed by atoms with Crippen LogP contribution in [0.15, 0.2) is 30.3 Å². The molecule has 0 spiro atoms. The molecule has 0 aliphatic carbocycles. The van der Waals surface area contributed by atoms with E-state index in [0.29, 0.717) is 18.7 Å². The maximum atomic E-state index is 8.59. The van der Waals surface area contributed by atoms with Gasteiger partial charge in [0.15, 0.2) is 5.82 Å². The zero-order valence-corrected chi connectivity index (χ0v) is 13.7. The predicted molar refractivity (Wildman–Crippen MR) is 89.5 cm³/mol. The van der Waals surface area contributed by atoms with Crippen molar-refractivity contribution in [2.75, 3.05) is 6.61 Å². The Bertz CT molecular complexity index is 581. The van der Waals surface area contributed by atoms with Crippen LogP contribution in [-0.4, -0.2) is 44.2 Å². The molecule has 0 saturated carbocycles. The van der Waals surface area contributed by atoms with E-state index >= 15 is 0 Å². The molecule has 9 heteroatoms. The van der Waals surface area contributed by atoms with Gasteiger partial charge in [-0.05, 0) is 48.1 Å². The fourth-order valence-corrected chi connectivity index (χ4v) is 2.50. The third-order valence-electron chi connectivity index (χ3n) is 3.75. The summed E-state index contributed by atoms with van der Waals surface area (Å²) >= 11 is 0. The zero-order chi connectivity index (χ0) is 17.2. The summed E-state index contributed by atoms with van der Waals surface area (Å²) in [5.41, 5.74) is 7.46. The van der Waals surface area contributed by atoms with Crippen molar-refractivity contribution in [2.24, 2.45) is 5.73 Å². The van der Waals surface area contributed by atoms with E-state index in [1.54, 1.807) is 4.68 Å². The SMILES string of the molecule is NC(CCCCOB(O)O)c1nnnn1CCCc1ccccc1. The first-order chi connectivity index (χ1) is 11.7. The number of hydrogen-bond donors (Lipinski definition) is 3. The molecular formula is C15H24BN5O3. The summed E-state index contributed by atoms with van der Waals surface area (Å²) in [6, 6.07) is 10.1. The van der Waals surface area contributed by atoms with Crippen LogP contribution in [0, 0.1) is 0 Å². The van der Waals surface area contributed by atoms with Crippen LogP contribution in [0.1, 0.15) is 43.1 Å². The monoisotopic (exact) mass is 333 g/mol. The van der Waals surface area contributed by atoms with Gasteiger partial charge in [0, 0.05) is 13.2 Å². The van der Waals surface area contributed by atoms with Crippen LogP contribution >= 0.6 is 0 Å². The minimum absolute atomic E-state index is 0.240. The lowest BCUT2D eigenvalue weighted by Crippen LogP contribution is -2.19. The molecule has 0 saturated heterocycles. The lowest BCUT2D eigenvalue weighted by Gasteiger charge is -2.11. The van der Waals surface area contributed by atoms with Crippen LogP contribution < -0.4 is 5.73 Å². The summed E-state index contributed by atoms with van der Waals surface area (Å²) in [4.78, 5) is 0. The molecule has 2 aromatic rings. The van der Waals surface area contributed by atoms with Gasteiger partial charge in [0.25, 0.3) is 0 Å². The summed E-state index contributed by atoms with van der Waals surface area (Å²) in [5.74, 6) is 0.686. The Kier molecular flexibility index (Phi) is 7.83. The largest absolute Gasteiger partial charge is 0.633 e. The molecule has 0 aliphatic heterocycles. The highest BCUT2D eigenvalue weighted by Gasteiger charge is 2.15. The number of aryl methyl sites for hydroxylation is 2. The molecule has 2 rings (SSSR count). The van der Waals surface area contributed by atoms with Gasteiger partial charge in [-0.1, -0.05) is 30.3 Å². The molecule has 130 valence electrons. The maximum absolute atomic E-state index is 8.59. The number of unbranched alkanes of at least 4 members (excludes halogenated alkanes) is 1. The molecule has 1 atom stereocenters. The van der Waals surface area contributed by atoms with Crippen LogP contribution in [0.3, 0.4) is 0 Å². The van der Waals surface area contributed by atoms with Gasteiger partial charge in [0.05, 0.1) is 6.04 Å². The Labute approximate surface area is 141 Å². The van der Waals surface area contributed by atoms with Gasteiger partial charge >= 0.3 is 7.32 Å². The molecule has 24 heavy (non-hydrogen) atoms. The number of tetrazole rings is 1. The molecule has 0 radical (unpaired) electrons. The molecule has 0 fully saturated rings. The van der Waals surface area contributed by atoms with Gasteiger partial charge in [-0.2, -0.15) is 0 Å². The minimum Gasteiger partial charge on any atom is -0.402 e. The number of nitrogens with zero attached hydrogens (tertiary/aromatic N) is 4. The van der Waals surface area contributed by atoms with E-state index in [1.807, 2.05) is 18.2 Å². The standard InChI is InChI=1S/C15H24BN5O3/c17-14(10-4-5-12-24-16(22)23)15-18-19-20-21(15)11-6-9-13-7-2-1-3-8-13/h1-3,7-8,14,22-23H,4-6,9-12,17H2. The van der Waals surface area contributed by atoms with E-state index in [9.17, 15) is 0 Å². The Morgan fingerprint density at radius 1 is 1.17 bits per heavy atom. The van der Waals surface area contributed by atoms with E-state index in [1.165, 1.54) is 5.56 Å². The van der Waals surface area contributed by atoms with Crippen LogP contribution in [0.5, 0.6) is 0 Å². The van der Waals surface area contributed by atoms with Crippen molar-refractivity contribution in [3.63, 3.8) is 0 Å². The van der Waals surface area contributed by atoms with E-state index in [0.717, 1.165) is 25.8 Å². The average molecular weight is 333 g/mol. The van der Waals surface area contributed by atoms with Crippen LogP contribution in [0.4, 0.5) is 0 Å². The van der Waals surface area contributed by atoms with Crippen molar-refractivity contribution in [1.29, 1.82) is 0 Å². The topological polar surface area (TPSA) is 119 Å². The molecule has 1 aromatic carbocycles. The molecule has 1 unspecified atom stereocenters. The highest BCUT2D eigenvalue weighted by molar-refractivity contribution is 6.32. The first-order valence-corrected chi connectivity index (χ1v) is 8.20. The van der Waals surface area contributed by atoms with E-state index in [2.05, 4.69) is 32.3 Å². The average Bonchev–Trinajstić information content (AvgIpc) is 3.04. The fourth-order valence-electron chi connectivity index (χ4n) is 2.50. The number of nitrogens with two attached hydrogens (primary N) is 1. The second-order valence-corrected chi connectivity index (χ2v) is 5.65. The lowest BCUT2D eigenvalue weighted by molar-refractivity contribution is 0.181. The molecule has 0 aliphatic rings. The molecule has 1 aromatic heterocycles. The van der Waals surface area contributed by atoms with Crippen molar-refractivity contribution >= 4 is 7.32 Å². The lowest BCUT2D eigenvalue weighted by atomic mass is 10.1. The van der Waals surface area contributed by atoms with Crippen molar-refractivity contribution in [1.82, 2.24) is 20.2 Å². The third-order valence-corrected chi connectivity index (χ3v) is 3.75. The zero-order valence-electron chi connectivity index (χ0n) is 13.7. The predicted octanol–water partition coefficient (Wildman–Crippen LogP) is 0.462. The van der Waals surface area contributed by atoms with Gasteiger partial charge in [-0.3, -0.25) is 0 Å². The van der Waals surface area contributed by atoms with E-state index in [-0.39, 0.29) is 12.6 Å². The van der Waals surface area contributed by atoms with Crippen molar-refractivity contribution in [3.8, 4) is 0 Å². The smallest absolute Gasteiger partial charge is 0.402 e. The fraction of sp³-hybridized carbons (Fsp3) is 0.533. The minimum atomic E-state index is -1.71. The first-order valence-electron chi connectivity index (χ1n) is 8.20. The van der Waals surface area contributed by atoms with Crippen molar-refractivity contribution in [2.45, 2.75) is 44.7 Å². The number of aromatic nitrogens is 4. The van der Waals surface area contributed by atoms with Crippen LogP contribution in [0.2, 0.25) is 0 Å². The molecular weight excluding hydrogens is 309 g/mol. The van der Waals surface area contributed by atoms with Gasteiger partial charge in [-0.15, -0.1) is 5.10 Å². The Morgan fingerprint density at radius 2 is 1.96 bits per heavy atom. The normalized spacial score (nSPS) is 12.3. The second-order valence-electron chi connectivity index (χ2n) is 5.65. The molecule has 4 N–H and O–H groups in total. The Hall–Kier alpha value is -1.81. The van der Waals surface area contributed by atoms with Gasteiger partial charge < -0.3 is 20.4 Å². The molecule has 1 heterocycles. The highest BCUT2D eigenvalue weighted by atomic mass is 16.6. The Morgan fingerprint density at radius 3 is 2.71 bits per heavy atom. The third kappa shape index (κ3) is 6.36.